The highest BCUT2D eigenvalue weighted by atomic mass is 16.3. The van der Waals surface area contributed by atoms with Crippen LogP contribution in [0.15, 0.2) is 0 Å². The number of nitrogens with zero attached hydrogens (tertiary/aromatic N) is 1. The molecule has 2 rings (SSSR count). The maximum absolute atomic E-state index is 9.93. The van der Waals surface area contributed by atoms with Crippen molar-refractivity contribution in [1.29, 1.82) is 0 Å². The Labute approximate surface area is 106 Å². The van der Waals surface area contributed by atoms with E-state index in [0.717, 1.165) is 13.0 Å². The minimum Gasteiger partial charge on any atom is -0.393 e. The molecule has 1 saturated heterocycles. The molecule has 3 unspecified atom stereocenters. The quantitative estimate of drug-likeness (QED) is 0.783. The normalized spacial score (nSPS) is 35.6. The van der Waals surface area contributed by atoms with Gasteiger partial charge in [0, 0.05) is 25.2 Å². The topological polar surface area (TPSA) is 35.5 Å². The Morgan fingerprint density at radius 1 is 1.24 bits per heavy atom. The van der Waals surface area contributed by atoms with Crippen LogP contribution in [0.5, 0.6) is 0 Å². The molecule has 0 amide bonds. The number of nitrogens with one attached hydrogen (secondary N) is 1. The lowest BCUT2D eigenvalue weighted by atomic mass is 9.86. The van der Waals surface area contributed by atoms with E-state index in [1.54, 1.807) is 0 Å². The monoisotopic (exact) mass is 240 g/mol. The van der Waals surface area contributed by atoms with Crippen LogP contribution in [0.3, 0.4) is 0 Å². The number of rotatable bonds is 4. The van der Waals surface area contributed by atoms with Crippen molar-refractivity contribution < 1.29 is 5.11 Å². The maximum Gasteiger partial charge on any atom is 0.0580 e. The number of hydrogen-bond donors (Lipinski definition) is 2. The summed E-state index contributed by atoms with van der Waals surface area (Å²) in [7, 11) is 0. The van der Waals surface area contributed by atoms with Crippen molar-refractivity contribution in [3.05, 3.63) is 0 Å². The van der Waals surface area contributed by atoms with Gasteiger partial charge >= 0.3 is 0 Å². The van der Waals surface area contributed by atoms with Crippen LogP contribution >= 0.6 is 0 Å². The molecular formula is C14H28N2O. The van der Waals surface area contributed by atoms with Gasteiger partial charge in [0.05, 0.1) is 6.10 Å². The van der Waals surface area contributed by atoms with Crippen LogP contribution in [0.1, 0.15) is 46.0 Å². The average Bonchev–Trinajstić information content (AvgIpc) is 2.77. The van der Waals surface area contributed by atoms with E-state index < -0.39 is 0 Å². The predicted octanol–water partition coefficient (Wildman–Crippen LogP) is 1.61. The zero-order valence-corrected chi connectivity index (χ0v) is 11.4. The number of aliphatic hydroxyl groups is 1. The van der Waals surface area contributed by atoms with Crippen molar-refractivity contribution in [2.24, 2.45) is 5.92 Å². The molecular weight excluding hydrogens is 212 g/mol. The first-order valence-electron chi connectivity index (χ1n) is 7.32. The highest BCUT2D eigenvalue weighted by molar-refractivity contribution is 4.85. The molecule has 2 fully saturated rings. The van der Waals surface area contributed by atoms with E-state index in [1.807, 2.05) is 0 Å². The SMILES string of the molecule is CC(C)N1CCC(NCC2CCCCC2O)C1. The zero-order valence-electron chi connectivity index (χ0n) is 11.4. The van der Waals surface area contributed by atoms with Crippen molar-refractivity contribution in [3.63, 3.8) is 0 Å². The third-order valence-corrected chi connectivity index (χ3v) is 4.49. The van der Waals surface area contributed by atoms with Gasteiger partial charge in [-0.1, -0.05) is 12.8 Å². The maximum atomic E-state index is 9.93. The standard InChI is InChI=1S/C14H28N2O/c1-11(2)16-8-7-13(10-16)15-9-12-5-3-4-6-14(12)17/h11-15,17H,3-10H2,1-2H3. The third-order valence-electron chi connectivity index (χ3n) is 4.49. The molecule has 2 N–H and O–H groups in total. The summed E-state index contributed by atoms with van der Waals surface area (Å²) in [5.74, 6) is 0.497. The fourth-order valence-corrected chi connectivity index (χ4v) is 3.17. The summed E-state index contributed by atoms with van der Waals surface area (Å²) in [6, 6.07) is 1.31. The summed E-state index contributed by atoms with van der Waals surface area (Å²) in [5.41, 5.74) is 0. The second kappa shape index (κ2) is 6.17. The van der Waals surface area contributed by atoms with Gasteiger partial charge in [0.1, 0.15) is 0 Å². The first-order valence-corrected chi connectivity index (χ1v) is 7.32. The lowest BCUT2D eigenvalue weighted by Crippen LogP contribution is -2.40. The van der Waals surface area contributed by atoms with Crippen LogP contribution in [0.4, 0.5) is 0 Å². The van der Waals surface area contributed by atoms with Crippen molar-refractivity contribution in [1.82, 2.24) is 10.2 Å². The number of hydrogen-bond acceptors (Lipinski definition) is 3. The Hall–Kier alpha value is -0.120. The van der Waals surface area contributed by atoms with E-state index in [9.17, 15) is 5.11 Å². The van der Waals surface area contributed by atoms with Crippen LogP contribution < -0.4 is 5.32 Å². The molecule has 0 aromatic rings. The van der Waals surface area contributed by atoms with Gasteiger partial charge in [-0.3, -0.25) is 4.90 Å². The Kier molecular flexibility index (Phi) is 4.83. The van der Waals surface area contributed by atoms with Crippen molar-refractivity contribution in [2.75, 3.05) is 19.6 Å². The first-order chi connectivity index (χ1) is 8.16. The molecule has 0 radical (unpaired) electrons. The summed E-state index contributed by atoms with van der Waals surface area (Å²) in [6.45, 7) is 7.96. The fourth-order valence-electron chi connectivity index (χ4n) is 3.17. The summed E-state index contributed by atoms with van der Waals surface area (Å²) < 4.78 is 0. The van der Waals surface area contributed by atoms with E-state index in [-0.39, 0.29) is 6.10 Å². The van der Waals surface area contributed by atoms with Gasteiger partial charge in [-0.05, 0) is 45.6 Å². The molecule has 3 nitrogen and oxygen atoms in total. The van der Waals surface area contributed by atoms with Crippen molar-refractivity contribution in [2.45, 2.75) is 64.1 Å². The molecule has 0 aromatic heterocycles. The average molecular weight is 240 g/mol. The molecule has 1 heterocycles. The van der Waals surface area contributed by atoms with E-state index in [1.165, 1.54) is 38.8 Å². The molecule has 3 atom stereocenters. The largest absolute Gasteiger partial charge is 0.393 e. The van der Waals surface area contributed by atoms with Gasteiger partial charge in [-0.15, -0.1) is 0 Å². The highest BCUT2D eigenvalue weighted by Gasteiger charge is 2.27. The minimum atomic E-state index is -0.0566. The van der Waals surface area contributed by atoms with Crippen LogP contribution in [-0.4, -0.2) is 47.8 Å². The summed E-state index contributed by atoms with van der Waals surface area (Å²) in [6.07, 6.45) is 5.93. The Bertz CT molecular complexity index is 232. The van der Waals surface area contributed by atoms with Gasteiger partial charge in [-0.25, -0.2) is 0 Å². The molecule has 0 aromatic carbocycles. The third kappa shape index (κ3) is 3.67. The molecule has 0 bridgehead atoms. The van der Waals surface area contributed by atoms with Gasteiger partial charge in [0.25, 0.3) is 0 Å². The molecule has 0 spiro atoms. The van der Waals surface area contributed by atoms with E-state index in [4.69, 9.17) is 0 Å². The Morgan fingerprint density at radius 2 is 2.00 bits per heavy atom. The van der Waals surface area contributed by atoms with Crippen LogP contribution in [-0.2, 0) is 0 Å². The van der Waals surface area contributed by atoms with Gasteiger partial charge in [0.15, 0.2) is 0 Å². The van der Waals surface area contributed by atoms with Gasteiger partial charge in [-0.2, -0.15) is 0 Å². The smallest absolute Gasteiger partial charge is 0.0580 e. The first kappa shape index (κ1) is 13.3. The van der Waals surface area contributed by atoms with E-state index in [0.29, 0.717) is 18.0 Å². The zero-order chi connectivity index (χ0) is 12.3. The van der Waals surface area contributed by atoms with Crippen LogP contribution in [0.2, 0.25) is 0 Å². The number of likely N-dealkylation sites (tertiary alicyclic amines) is 1. The van der Waals surface area contributed by atoms with E-state index in [2.05, 4.69) is 24.1 Å². The second-order valence-corrected chi connectivity index (χ2v) is 6.09. The highest BCUT2D eigenvalue weighted by Crippen LogP contribution is 2.24. The fraction of sp³-hybridized carbons (Fsp3) is 1.00. The molecule has 1 aliphatic carbocycles. The Morgan fingerprint density at radius 3 is 2.65 bits per heavy atom. The lowest BCUT2D eigenvalue weighted by Gasteiger charge is -2.29. The minimum absolute atomic E-state index is 0.0566. The van der Waals surface area contributed by atoms with Crippen molar-refractivity contribution in [3.8, 4) is 0 Å². The molecule has 1 saturated carbocycles. The van der Waals surface area contributed by atoms with Crippen molar-refractivity contribution >= 4 is 0 Å². The van der Waals surface area contributed by atoms with Crippen LogP contribution in [0.25, 0.3) is 0 Å². The second-order valence-electron chi connectivity index (χ2n) is 6.09. The van der Waals surface area contributed by atoms with Gasteiger partial charge in [0.2, 0.25) is 0 Å². The molecule has 3 heteroatoms. The summed E-state index contributed by atoms with van der Waals surface area (Å²) >= 11 is 0. The molecule has 1 aliphatic heterocycles. The molecule has 2 aliphatic rings. The Balaban J connectivity index is 1.68. The van der Waals surface area contributed by atoms with Gasteiger partial charge < -0.3 is 10.4 Å². The predicted molar refractivity (Wildman–Crippen MR) is 71.1 cm³/mol. The summed E-state index contributed by atoms with van der Waals surface area (Å²) in [5, 5.41) is 13.6. The lowest BCUT2D eigenvalue weighted by molar-refractivity contribution is 0.0681. The van der Waals surface area contributed by atoms with Crippen LogP contribution in [0, 0.1) is 5.92 Å². The molecule has 100 valence electrons. The number of aliphatic hydroxyl groups excluding tert-OH is 1. The summed E-state index contributed by atoms with van der Waals surface area (Å²) in [4.78, 5) is 2.54. The molecule has 17 heavy (non-hydrogen) atoms. The van der Waals surface area contributed by atoms with E-state index >= 15 is 0 Å².